The minimum Gasteiger partial charge on any atom is -0.366 e. The Morgan fingerprint density at radius 1 is 1.17 bits per heavy atom. The molecule has 3 heterocycles. The number of aromatic nitrogens is 2. The van der Waals surface area contributed by atoms with Crippen molar-refractivity contribution in [1.29, 1.82) is 0 Å². The highest BCUT2D eigenvalue weighted by Gasteiger charge is 2.35. The molecule has 154 valence electrons. The number of hydroxylamine groups is 2. The van der Waals surface area contributed by atoms with Crippen LogP contribution in [0.15, 0.2) is 35.6 Å². The maximum absolute atomic E-state index is 12.8. The molecule has 0 spiro atoms. The second kappa shape index (κ2) is 7.87. The Hall–Kier alpha value is -2.87. The molecule has 2 aromatic rings. The maximum Gasteiger partial charge on any atom is 0.309 e. The first-order chi connectivity index (χ1) is 14.0. The van der Waals surface area contributed by atoms with E-state index in [1.165, 1.54) is 0 Å². The van der Waals surface area contributed by atoms with Gasteiger partial charge in [-0.05, 0) is 25.0 Å². The molecule has 0 saturated carbocycles. The van der Waals surface area contributed by atoms with E-state index in [4.69, 9.17) is 14.8 Å². The minimum atomic E-state index is -0.341. The topological polar surface area (TPSA) is 66.2 Å². The Bertz CT molecular complexity index is 931. The number of imidazole rings is 1. The van der Waals surface area contributed by atoms with Crippen molar-refractivity contribution in [1.82, 2.24) is 24.4 Å². The summed E-state index contributed by atoms with van der Waals surface area (Å²) in [5.74, 6) is 0.00698. The van der Waals surface area contributed by atoms with Gasteiger partial charge in [-0.15, -0.1) is 5.06 Å². The fourth-order valence-electron chi connectivity index (χ4n) is 3.94. The number of hydrogen-bond acceptors (Lipinski definition) is 6. The van der Waals surface area contributed by atoms with Crippen molar-refractivity contribution in [2.45, 2.75) is 39.4 Å². The molecule has 1 amide bonds. The molecule has 0 N–H and O–H groups in total. The molecule has 0 radical (unpaired) electrons. The first-order valence-electron chi connectivity index (χ1n) is 10.2. The Morgan fingerprint density at radius 3 is 2.62 bits per heavy atom. The van der Waals surface area contributed by atoms with E-state index in [-0.39, 0.29) is 12.1 Å². The van der Waals surface area contributed by atoms with Crippen LogP contribution in [0.4, 0.5) is 0 Å². The van der Waals surface area contributed by atoms with E-state index < -0.39 is 0 Å². The van der Waals surface area contributed by atoms with Crippen LogP contribution in [-0.2, 0) is 11.4 Å². The predicted molar refractivity (Wildman–Crippen MR) is 111 cm³/mol. The minimum absolute atomic E-state index is 0.00698. The third-order valence-corrected chi connectivity index (χ3v) is 5.33. The zero-order chi connectivity index (χ0) is 20.5. The van der Waals surface area contributed by atoms with E-state index in [0.717, 1.165) is 43.0 Å². The van der Waals surface area contributed by atoms with Gasteiger partial charge >= 0.3 is 6.02 Å². The Kier molecular flexibility index (Phi) is 5.27. The number of hydrogen-bond donors (Lipinski definition) is 0. The quantitative estimate of drug-likeness (QED) is 0.778. The molecule has 8 heteroatoms. The number of nitrogens with zero attached hydrogens (tertiary/aromatic N) is 6. The van der Waals surface area contributed by atoms with Crippen molar-refractivity contribution in [3.8, 4) is 5.69 Å². The lowest BCUT2D eigenvalue weighted by molar-refractivity contribution is -0.0699. The van der Waals surface area contributed by atoms with Crippen molar-refractivity contribution in [2.24, 2.45) is 4.99 Å². The third kappa shape index (κ3) is 3.37. The third-order valence-electron chi connectivity index (χ3n) is 5.33. The number of rotatable bonds is 5. The van der Waals surface area contributed by atoms with Gasteiger partial charge in [-0.25, -0.2) is 9.98 Å². The van der Waals surface area contributed by atoms with Crippen LogP contribution in [0, 0.1) is 0 Å². The zero-order valence-electron chi connectivity index (χ0n) is 17.5. The van der Waals surface area contributed by atoms with Crippen molar-refractivity contribution < 1.29 is 9.63 Å². The van der Waals surface area contributed by atoms with Gasteiger partial charge in [-0.3, -0.25) is 4.79 Å². The summed E-state index contributed by atoms with van der Waals surface area (Å²) in [5.41, 5.74) is 3.29. The van der Waals surface area contributed by atoms with Crippen molar-refractivity contribution >= 4 is 11.9 Å². The molecule has 1 atom stereocenters. The summed E-state index contributed by atoms with van der Waals surface area (Å²) < 4.78 is 2.00. The zero-order valence-corrected chi connectivity index (χ0v) is 17.5. The second-order valence-corrected chi connectivity index (χ2v) is 7.53. The van der Waals surface area contributed by atoms with Gasteiger partial charge in [-0.2, -0.15) is 0 Å². The number of fused-ring (bicyclic) bond motifs is 3. The van der Waals surface area contributed by atoms with Crippen LogP contribution in [0.1, 0.15) is 54.6 Å². The smallest absolute Gasteiger partial charge is 0.309 e. The summed E-state index contributed by atoms with van der Waals surface area (Å²) in [6.45, 7) is 6.57. The molecule has 0 bridgehead atoms. The summed E-state index contributed by atoms with van der Waals surface area (Å²) in [6, 6.07) is 8.28. The van der Waals surface area contributed by atoms with E-state index in [1.807, 2.05) is 42.9 Å². The molecular formula is C21H28N6O2. The fraction of sp³-hybridized carbons (Fsp3) is 0.476. The maximum atomic E-state index is 12.8. The van der Waals surface area contributed by atoms with Gasteiger partial charge in [0.15, 0.2) is 6.17 Å². The first kappa shape index (κ1) is 19.4. The predicted octanol–water partition coefficient (Wildman–Crippen LogP) is 2.81. The molecule has 4 rings (SSSR count). The fourth-order valence-corrected chi connectivity index (χ4v) is 3.94. The van der Waals surface area contributed by atoms with Crippen LogP contribution >= 0.6 is 0 Å². The molecule has 1 aromatic heterocycles. The van der Waals surface area contributed by atoms with E-state index in [1.54, 1.807) is 16.3 Å². The number of aliphatic imine (C=N–C) groups is 1. The van der Waals surface area contributed by atoms with E-state index in [2.05, 4.69) is 18.7 Å². The number of amidine groups is 1. The first-order valence-corrected chi connectivity index (χ1v) is 10.2. The Labute approximate surface area is 171 Å². The lowest BCUT2D eigenvalue weighted by Gasteiger charge is -2.22. The number of carbonyl (C=O) groups excluding carboxylic acids is 1. The summed E-state index contributed by atoms with van der Waals surface area (Å²) in [7, 11) is 3.70. The highest BCUT2D eigenvalue weighted by molar-refractivity contribution is 5.98. The number of carbonyl (C=O) groups is 1. The van der Waals surface area contributed by atoms with Gasteiger partial charge < -0.3 is 19.2 Å². The molecule has 8 nitrogen and oxygen atoms in total. The largest absolute Gasteiger partial charge is 0.366 e. The van der Waals surface area contributed by atoms with Gasteiger partial charge in [-0.1, -0.05) is 26.0 Å². The summed E-state index contributed by atoms with van der Waals surface area (Å²) in [5, 5.41) is 1.75. The van der Waals surface area contributed by atoms with Gasteiger partial charge in [0.25, 0.3) is 5.91 Å². The lowest BCUT2D eigenvalue weighted by Crippen LogP contribution is -2.34. The molecule has 0 aliphatic carbocycles. The molecule has 0 fully saturated rings. The van der Waals surface area contributed by atoms with Crippen molar-refractivity contribution in [3.05, 3.63) is 47.5 Å². The molecule has 0 saturated heterocycles. The van der Waals surface area contributed by atoms with Crippen LogP contribution in [-0.4, -0.2) is 63.5 Å². The van der Waals surface area contributed by atoms with Crippen LogP contribution in [0.2, 0.25) is 0 Å². The Balaban J connectivity index is 1.74. The van der Waals surface area contributed by atoms with Gasteiger partial charge in [0.05, 0.1) is 29.8 Å². The lowest BCUT2D eigenvalue weighted by atomic mass is 10.1. The van der Waals surface area contributed by atoms with Gasteiger partial charge in [0, 0.05) is 27.2 Å². The SMILES string of the molecule is CCCN(CCC)C1=NC(c2ncn3c2CN(C)C(=O)c2ccccc2-3)N(C)O1. The second-order valence-electron chi connectivity index (χ2n) is 7.53. The summed E-state index contributed by atoms with van der Waals surface area (Å²) in [4.78, 5) is 32.2. The highest BCUT2D eigenvalue weighted by Crippen LogP contribution is 2.33. The number of amides is 1. The standard InChI is InChI=1S/C21H28N6O2/c1-5-11-26(12-6-2)21-23-19(25(4)29-21)18-17-13-24(3)20(28)15-9-7-8-10-16(15)27(17)14-22-18/h7-10,14,19H,5-6,11-13H2,1-4H3. The van der Waals surface area contributed by atoms with Gasteiger partial charge in [0.2, 0.25) is 0 Å². The van der Waals surface area contributed by atoms with Crippen LogP contribution in [0.5, 0.6) is 0 Å². The molecule has 2 aliphatic heterocycles. The number of para-hydroxylation sites is 1. The van der Waals surface area contributed by atoms with E-state index in [0.29, 0.717) is 18.1 Å². The van der Waals surface area contributed by atoms with Crippen molar-refractivity contribution in [3.63, 3.8) is 0 Å². The molecule has 29 heavy (non-hydrogen) atoms. The number of benzene rings is 1. The Morgan fingerprint density at radius 2 is 1.90 bits per heavy atom. The molecule has 2 aliphatic rings. The average Bonchev–Trinajstić information content (AvgIpc) is 3.27. The molecular weight excluding hydrogens is 368 g/mol. The van der Waals surface area contributed by atoms with Crippen LogP contribution < -0.4 is 0 Å². The van der Waals surface area contributed by atoms with Gasteiger partial charge in [0.1, 0.15) is 5.69 Å². The van der Waals surface area contributed by atoms with Crippen molar-refractivity contribution in [2.75, 3.05) is 27.2 Å². The molecule has 1 unspecified atom stereocenters. The van der Waals surface area contributed by atoms with Crippen LogP contribution in [0.3, 0.4) is 0 Å². The monoisotopic (exact) mass is 396 g/mol. The van der Waals surface area contributed by atoms with E-state index in [9.17, 15) is 4.79 Å². The normalized spacial score (nSPS) is 18.8. The van der Waals surface area contributed by atoms with E-state index >= 15 is 0 Å². The average molecular weight is 396 g/mol. The molecule has 1 aromatic carbocycles. The van der Waals surface area contributed by atoms with Crippen LogP contribution in [0.25, 0.3) is 5.69 Å². The summed E-state index contributed by atoms with van der Waals surface area (Å²) >= 11 is 0. The summed E-state index contributed by atoms with van der Waals surface area (Å²) in [6.07, 6.45) is 3.50. The highest BCUT2D eigenvalue weighted by atomic mass is 16.7.